The summed E-state index contributed by atoms with van der Waals surface area (Å²) in [5.74, 6) is -0.829. The predicted octanol–water partition coefficient (Wildman–Crippen LogP) is 4.75. The van der Waals surface area contributed by atoms with E-state index in [1.54, 1.807) is 36.4 Å². The lowest BCUT2D eigenvalue weighted by Gasteiger charge is -2.25. The van der Waals surface area contributed by atoms with E-state index in [1.165, 1.54) is 30.5 Å². The molecule has 0 aliphatic carbocycles. The van der Waals surface area contributed by atoms with Crippen LogP contribution in [0.3, 0.4) is 0 Å². The summed E-state index contributed by atoms with van der Waals surface area (Å²) in [5, 5.41) is 10.2. The monoisotopic (exact) mass is 402 g/mol. The van der Waals surface area contributed by atoms with Gasteiger partial charge in [0.25, 0.3) is 0 Å². The Morgan fingerprint density at radius 3 is 2.57 bits per heavy atom. The largest absolute Gasteiger partial charge is 0.508 e. The molecule has 0 spiro atoms. The van der Waals surface area contributed by atoms with Crippen molar-refractivity contribution in [1.29, 1.82) is 0 Å². The van der Waals surface area contributed by atoms with Gasteiger partial charge >= 0.3 is 5.97 Å². The van der Waals surface area contributed by atoms with Crippen LogP contribution in [0.15, 0.2) is 76.1 Å². The topological polar surface area (TPSA) is 76.7 Å². The van der Waals surface area contributed by atoms with Crippen LogP contribution in [-0.4, -0.2) is 11.1 Å². The van der Waals surface area contributed by atoms with Crippen molar-refractivity contribution in [2.24, 2.45) is 0 Å². The molecule has 0 unspecified atom stereocenters. The van der Waals surface area contributed by atoms with Crippen molar-refractivity contribution in [3.8, 4) is 22.6 Å². The molecule has 5 nitrogen and oxygen atoms in total. The molecular weight excluding hydrogens is 387 g/mol. The molecule has 1 aliphatic heterocycles. The summed E-state index contributed by atoms with van der Waals surface area (Å²) < 4.78 is 24.5. The summed E-state index contributed by atoms with van der Waals surface area (Å²) in [6.45, 7) is 0. The van der Waals surface area contributed by atoms with Gasteiger partial charge in [-0.3, -0.25) is 9.59 Å². The summed E-state index contributed by atoms with van der Waals surface area (Å²) in [4.78, 5) is 25.3. The molecule has 1 N–H and O–H groups in total. The third-order valence-corrected chi connectivity index (χ3v) is 5.31. The number of halogens is 1. The van der Waals surface area contributed by atoms with Gasteiger partial charge in [-0.25, -0.2) is 4.39 Å². The zero-order valence-corrected chi connectivity index (χ0v) is 15.6. The summed E-state index contributed by atoms with van der Waals surface area (Å²) >= 11 is 0. The van der Waals surface area contributed by atoms with Gasteiger partial charge in [0, 0.05) is 11.5 Å². The highest BCUT2D eigenvalue weighted by Crippen LogP contribution is 2.43. The third-order valence-electron chi connectivity index (χ3n) is 5.31. The quantitative estimate of drug-likeness (QED) is 0.387. The van der Waals surface area contributed by atoms with Gasteiger partial charge in [-0.05, 0) is 47.5 Å². The number of esters is 1. The van der Waals surface area contributed by atoms with Crippen molar-refractivity contribution in [3.63, 3.8) is 0 Å². The van der Waals surface area contributed by atoms with Gasteiger partial charge in [0.15, 0.2) is 0 Å². The molecule has 5 rings (SSSR count). The Morgan fingerprint density at radius 2 is 1.80 bits per heavy atom. The van der Waals surface area contributed by atoms with E-state index in [0.29, 0.717) is 39.0 Å². The van der Waals surface area contributed by atoms with Gasteiger partial charge in [-0.2, -0.15) is 0 Å². The molecule has 0 saturated carbocycles. The number of hydrogen-bond acceptors (Lipinski definition) is 5. The van der Waals surface area contributed by atoms with E-state index in [2.05, 4.69) is 0 Å². The molecule has 3 aromatic carbocycles. The molecule has 148 valence electrons. The zero-order chi connectivity index (χ0) is 20.8. The van der Waals surface area contributed by atoms with Crippen LogP contribution in [0.25, 0.3) is 22.1 Å². The third kappa shape index (κ3) is 2.93. The fourth-order valence-corrected chi connectivity index (χ4v) is 3.91. The highest BCUT2D eigenvalue weighted by atomic mass is 19.1. The van der Waals surface area contributed by atoms with Crippen LogP contribution in [0.4, 0.5) is 4.39 Å². The minimum atomic E-state index is -0.433. The number of rotatable bonds is 2. The number of ether oxygens (including phenoxy) is 1. The Hall–Kier alpha value is -3.93. The maximum absolute atomic E-state index is 13.2. The first kappa shape index (κ1) is 18.1. The Balaban J connectivity index is 1.74. The first-order chi connectivity index (χ1) is 14.5. The van der Waals surface area contributed by atoms with Crippen molar-refractivity contribution < 1.29 is 23.4 Å². The molecule has 6 heteroatoms. The molecule has 0 amide bonds. The highest BCUT2D eigenvalue weighted by molar-refractivity contribution is 5.90. The number of phenols is 1. The summed E-state index contributed by atoms with van der Waals surface area (Å²) in [6, 6.07) is 15.4. The van der Waals surface area contributed by atoms with Crippen LogP contribution in [0.2, 0.25) is 0 Å². The molecule has 0 fully saturated rings. The molecule has 1 aromatic heterocycles. The van der Waals surface area contributed by atoms with Gasteiger partial charge in [-0.1, -0.05) is 24.3 Å². The Bertz CT molecular complexity index is 1350. The number of aromatic hydroxyl groups is 1. The van der Waals surface area contributed by atoms with Crippen LogP contribution >= 0.6 is 0 Å². The van der Waals surface area contributed by atoms with Crippen molar-refractivity contribution in [2.75, 3.05) is 0 Å². The van der Waals surface area contributed by atoms with Gasteiger partial charge in [0.1, 0.15) is 29.2 Å². The van der Waals surface area contributed by atoms with Crippen LogP contribution in [-0.2, 0) is 4.79 Å². The van der Waals surface area contributed by atoms with Gasteiger partial charge < -0.3 is 14.3 Å². The second-order valence-electron chi connectivity index (χ2n) is 7.17. The predicted molar refractivity (Wildman–Crippen MR) is 108 cm³/mol. The summed E-state index contributed by atoms with van der Waals surface area (Å²) in [5.41, 5.74) is 2.21. The highest BCUT2D eigenvalue weighted by Gasteiger charge is 2.32. The van der Waals surface area contributed by atoms with E-state index in [9.17, 15) is 19.1 Å². The van der Waals surface area contributed by atoms with Crippen molar-refractivity contribution in [1.82, 2.24) is 0 Å². The van der Waals surface area contributed by atoms with Crippen LogP contribution in [0.1, 0.15) is 23.5 Å². The molecule has 0 saturated heterocycles. The number of fused-ring (bicyclic) bond motifs is 3. The van der Waals surface area contributed by atoms with Crippen molar-refractivity contribution in [3.05, 3.63) is 94.1 Å². The lowest BCUT2D eigenvalue weighted by atomic mass is 9.85. The first-order valence-electron chi connectivity index (χ1n) is 9.35. The number of hydrogen-bond donors (Lipinski definition) is 1. The number of carbonyl (C=O) groups is 1. The lowest BCUT2D eigenvalue weighted by molar-refractivity contribution is -0.135. The van der Waals surface area contributed by atoms with Crippen LogP contribution in [0, 0.1) is 5.82 Å². The molecule has 0 bridgehead atoms. The Kier molecular flexibility index (Phi) is 4.13. The van der Waals surface area contributed by atoms with Gasteiger partial charge in [-0.15, -0.1) is 0 Å². The van der Waals surface area contributed by atoms with E-state index in [0.717, 1.165) is 0 Å². The van der Waals surface area contributed by atoms with Gasteiger partial charge in [0.05, 0.1) is 17.4 Å². The SMILES string of the molecule is O=C1C[C@H](c2cccc(O)c2)c2c(ccc3c(=O)c(-c4ccc(F)cc4)coc23)O1. The standard InChI is InChI=1S/C24H15FO5/c25-15-6-4-13(5-7-15)19-12-29-24-17(23(19)28)8-9-20-22(24)18(11-21(27)30-20)14-2-1-3-16(26)10-14/h1-10,12,18,26H,11H2/t18-/m1/s1. The van der Waals surface area contributed by atoms with E-state index in [4.69, 9.17) is 9.15 Å². The minimum absolute atomic E-state index is 0.0546. The molecule has 2 heterocycles. The molecule has 30 heavy (non-hydrogen) atoms. The summed E-state index contributed by atoms with van der Waals surface area (Å²) in [7, 11) is 0. The number of phenolic OH excluding ortho intramolecular Hbond substituents is 1. The van der Waals surface area contributed by atoms with E-state index in [1.807, 2.05) is 0 Å². The second-order valence-corrected chi connectivity index (χ2v) is 7.17. The van der Waals surface area contributed by atoms with Gasteiger partial charge in [0.2, 0.25) is 5.43 Å². The van der Waals surface area contributed by atoms with Crippen molar-refractivity contribution >= 4 is 16.9 Å². The summed E-state index contributed by atoms with van der Waals surface area (Å²) in [6.07, 6.45) is 1.40. The fourth-order valence-electron chi connectivity index (χ4n) is 3.91. The number of benzene rings is 3. The molecule has 4 aromatic rings. The number of carbonyl (C=O) groups excluding carboxylic acids is 1. The van der Waals surface area contributed by atoms with Crippen molar-refractivity contribution in [2.45, 2.75) is 12.3 Å². The average Bonchev–Trinajstić information content (AvgIpc) is 2.74. The lowest BCUT2D eigenvalue weighted by Crippen LogP contribution is -2.22. The average molecular weight is 402 g/mol. The Labute approximate surface area is 170 Å². The van der Waals surface area contributed by atoms with E-state index in [-0.39, 0.29) is 17.6 Å². The smallest absolute Gasteiger partial charge is 0.312 e. The maximum Gasteiger partial charge on any atom is 0.312 e. The second kappa shape index (κ2) is 6.84. The van der Waals surface area contributed by atoms with E-state index < -0.39 is 17.7 Å². The normalized spacial score (nSPS) is 15.6. The zero-order valence-electron chi connectivity index (χ0n) is 15.6. The molecule has 1 aliphatic rings. The first-order valence-corrected chi connectivity index (χ1v) is 9.35. The van der Waals surface area contributed by atoms with E-state index >= 15 is 0 Å². The molecule has 1 atom stereocenters. The molecular formula is C24H15FO5. The van der Waals surface area contributed by atoms with Crippen LogP contribution < -0.4 is 10.2 Å². The maximum atomic E-state index is 13.2. The molecule has 0 radical (unpaired) electrons. The fraction of sp³-hybridized carbons (Fsp3) is 0.0833. The van der Waals surface area contributed by atoms with Crippen LogP contribution in [0.5, 0.6) is 11.5 Å². The minimum Gasteiger partial charge on any atom is -0.508 e. The Morgan fingerprint density at radius 1 is 1.00 bits per heavy atom.